The fourth-order valence-electron chi connectivity index (χ4n) is 4.01. The van der Waals surface area contributed by atoms with E-state index in [-0.39, 0.29) is 30.9 Å². The Morgan fingerprint density at radius 1 is 1.12 bits per heavy atom. The second-order valence-corrected chi connectivity index (χ2v) is 8.42. The zero-order valence-electron chi connectivity index (χ0n) is 18.4. The molecule has 34 heavy (non-hydrogen) atoms. The van der Waals surface area contributed by atoms with Crippen LogP contribution in [0.4, 0.5) is 13.2 Å². The summed E-state index contributed by atoms with van der Waals surface area (Å²) in [4.78, 5) is 39.5. The van der Waals surface area contributed by atoms with Crippen LogP contribution in [0.15, 0.2) is 48.5 Å². The largest absolute Gasteiger partial charge is 0.491 e. The van der Waals surface area contributed by atoms with E-state index in [1.165, 1.54) is 18.2 Å². The Morgan fingerprint density at radius 2 is 1.79 bits per heavy atom. The van der Waals surface area contributed by atoms with Crippen LogP contribution in [0.1, 0.15) is 47.3 Å². The molecule has 0 bridgehead atoms. The lowest BCUT2D eigenvalue weighted by molar-refractivity contribution is -0.139. The van der Waals surface area contributed by atoms with E-state index >= 15 is 0 Å². The molecule has 2 aromatic carbocycles. The smallest absolute Gasteiger partial charge is 0.419 e. The van der Waals surface area contributed by atoms with Crippen molar-refractivity contribution >= 4 is 17.7 Å². The summed E-state index contributed by atoms with van der Waals surface area (Å²) in [6, 6.07) is 10.4. The number of alkyl halides is 3. The Balaban J connectivity index is 1.30. The molecular formula is C24H24F3N3O4. The van der Waals surface area contributed by atoms with Crippen molar-refractivity contribution in [3.05, 3.63) is 65.2 Å². The van der Waals surface area contributed by atoms with Gasteiger partial charge in [0.15, 0.2) is 0 Å². The molecule has 1 saturated carbocycles. The molecular weight excluding hydrogens is 451 g/mol. The number of carbonyl (C=O) groups excluding carboxylic acids is 3. The van der Waals surface area contributed by atoms with Crippen LogP contribution in [-0.4, -0.2) is 47.9 Å². The minimum atomic E-state index is -4.55. The lowest BCUT2D eigenvalue weighted by Gasteiger charge is -2.24. The SMILES string of the molecule is CC(COc1ccccc1C(F)(F)F)NC(=O)CNC(=O)C1c2ccccc2C(=O)N1C1CC1. The highest BCUT2D eigenvalue weighted by molar-refractivity contribution is 6.05. The van der Waals surface area contributed by atoms with Gasteiger partial charge >= 0.3 is 6.18 Å². The van der Waals surface area contributed by atoms with Crippen molar-refractivity contribution in [3.63, 3.8) is 0 Å². The van der Waals surface area contributed by atoms with Crippen molar-refractivity contribution in [3.8, 4) is 5.75 Å². The highest BCUT2D eigenvalue weighted by atomic mass is 19.4. The topological polar surface area (TPSA) is 87.7 Å². The first-order valence-electron chi connectivity index (χ1n) is 10.9. The van der Waals surface area contributed by atoms with E-state index < -0.39 is 35.6 Å². The number of amides is 3. The van der Waals surface area contributed by atoms with Crippen molar-refractivity contribution in [2.24, 2.45) is 0 Å². The first-order valence-corrected chi connectivity index (χ1v) is 10.9. The summed E-state index contributed by atoms with van der Waals surface area (Å²) < 4.78 is 44.5. The molecule has 1 aliphatic heterocycles. The summed E-state index contributed by atoms with van der Waals surface area (Å²) in [5.74, 6) is -1.49. The van der Waals surface area contributed by atoms with Crippen LogP contribution < -0.4 is 15.4 Å². The Kier molecular flexibility index (Phi) is 6.49. The number of hydrogen-bond acceptors (Lipinski definition) is 4. The number of nitrogens with one attached hydrogen (secondary N) is 2. The van der Waals surface area contributed by atoms with Crippen molar-refractivity contribution in [2.45, 2.75) is 44.1 Å². The lowest BCUT2D eigenvalue weighted by atomic mass is 10.0. The van der Waals surface area contributed by atoms with Crippen LogP contribution >= 0.6 is 0 Å². The molecule has 1 heterocycles. The van der Waals surface area contributed by atoms with Gasteiger partial charge in [0.2, 0.25) is 11.8 Å². The van der Waals surface area contributed by atoms with Gasteiger partial charge in [-0.25, -0.2) is 0 Å². The minimum Gasteiger partial charge on any atom is -0.491 e. The molecule has 2 unspecified atom stereocenters. The van der Waals surface area contributed by atoms with E-state index in [1.807, 2.05) is 0 Å². The van der Waals surface area contributed by atoms with Gasteiger partial charge in [0, 0.05) is 11.6 Å². The highest BCUT2D eigenvalue weighted by Crippen LogP contribution is 2.42. The van der Waals surface area contributed by atoms with Crippen LogP contribution in [0.2, 0.25) is 0 Å². The van der Waals surface area contributed by atoms with E-state index in [4.69, 9.17) is 4.74 Å². The van der Waals surface area contributed by atoms with E-state index in [0.29, 0.717) is 11.1 Å². The van der Waals surface area contributed by atoms with Crippen molar-refractivity contribution in [1.29, 1.82) is 0 Å². The Hall–Kier alpha value is -3.56. The van der Waals surface area contributed by atoms with Gasteiger partial charge in [-0.2, -0.15) is 13.2 Å². The van der Waals surface area contributed by atoms with E-state index in [1.54, 1.807) is 36.1 Å². The third kappa shape index (κ3) is 5.00. The summed E-state index contributed by atoms with van der Waals surface area (Å²) in [5, 5.41) is 5.16. The average molecular weight is 475 g/mol. The minimum absolute atomic E-state index is 0.0150. The Labute approximate surface area is 194 Å². The van der Waals surface area contributed by atoms with Gasteiger partial charge in [-0.15, -0.1) is 0 Å². The first-order chi connectivity index (χ1) is 16.2. The van der Waals surface area contributed by atoms with Crippen LogP contribution in [0.5, 0.6) is 5.75 Å². The number of benzene rings is 2. The van der Waals surface area contributed by atoms with Gasteiger partial charge in [0.1, 0.15) is 18.4 Å². The van der Waals surface area contributed by atoms with Crippen molar-refractivity contribution < 1.29 is 32.3 Å². The van der Waals surface area contributed by atoms with Crippen LogP contribution in [0.3, 0.4) is 0 Å². The predicted octanol–water partition coefficient (Wildman–Crippen LogP) is 3.06. The molecule has 0 radical (unpaired) electrons. The zero-order chi connectivity index (χ0) is 24.5. The summed E-state index contributed by atoms with van der Waals surface area (Å²) in [6.45, 7) is 1.05. The number of ether oxygens (including phenoxy) is 1. The van der Waals surface area contributed by atoms with Gasteiger partial charge in [-0.3, -0.25) is 14.4 Å². The van der Waals surface area contributed by atoms with Crippen molar-refractivity contribution in [2.75, 3.05) is 13.2 Å². The molecule has 1 aliphatic carbocycles. The maximum atomic E-state index is 13.1. The number of hydrogen-bond donors (Lipinski definition) is 2. The molecule has 7 nitrogen and oxygen atoms in total. The second kappa shape index (κ2) is 9.36. The number of para-hydroxylation sites is 1. The molecule has 2 aromatic rings. The molecule has 0 aromatic heterocycles. The third-order valence-corrected chi connectivity index (χ3v) is 5.70. The number of rotatable bonds is 8. The van der Waals surface area contributed by atoms with E-state index in [9.17, 15) is 27.6 Å². The number of nitrogens with zero attached hydrogens (tertiary/aromatic N) is 1. The molecule has 0 saturated heterocycles. The molecule has 0 spiro atoms. The fraction of sp³-hybridized carbons (Fsp3) is 0.375. The summed E-state index contributed by atoms with van der Waals surface area (Å²) in [5.41, 5.74) is 0.207. The second-order valence-electron chi connectivity index (χ2n) is 8.42. The van der Waals surface area contributed by atoms with Crippen molar-refractivity contribution in [1.82, 2.24) is 15.5 Å². The normalized spacial score (nSPS) is 18.3. The number of halogens is 3. The molecule has 2 N–H and O–H groups in total. The van der Waals surface area contributed by atoms with Gasteiger partial charge < -0.3 is 20.3 Å². The predicted molar refractivity (Wildman–Crippen MR) is 116 cm³/mol. The van der Waals surface area contributed by atoms with Gasteiger partial charge in [-0.05, 0) is 43.5 Å². The van der Waals surface area contributed by atoms with E-state index in [2.05, 4.69) is 10.6 Å². The molecule has 2 atom stereocenters. The van der Waals surface area contributed by atoms with Crippen LogP contribution in [0.25, 0.3) is 0 Å². The lowest BCUT2D eigenvalue weighted by Crippen LogP contribution is -2.46. The molecule has 4 rings (SSSR count). The Morgan fingerprint density at radius 3 is 2.50 bits per heavy atom. The number of carbonyl (C=O) groups is 3. The maximum absolute atomic E-state index is 13.1. The van der Waals surface area contributed by atoms with Crippen LogP contribution in [0, 0.1) is 0 Å². The standard InChI is InChI=1S/C24H24F3N3O4/c1-14(13-34-19-9-5-4-8-18(19)24(25,26)27)29-20(31)12-28-22(32)21-16-6-2-3-7-17(16)23(33)30(21)15-10-11-15/h2-9,14-15,21H,10-13H2,1H3,(H,28,32)(H,29,31). The fourth-order valence-corrected chi connectivity index (χ4v) is 4.01. The molecule has 180 valence electrons. The average Bonchev–Trinajstić information content (AvgIpc) is 3.59. The van der Waals surface area contributed by atoms with Crippen LogP contribution in [-0.2, 0) is 15.8 Å². The molecule has 3 amide bonds. The van der Waals surface area contributed by atoms with Gasteiger partial charge in [0.05, 0.1) is 18.2 Å². The monoisotopic (exact) mass is 475 g/mol. The van der Waals surface area contributed by atoms with Gasteiger partial charge in [0.25, 0.3) is 5.91 Å². The van der Waals surface area contributed by atoms with Gasteiger partial charge in [-0.1, -0.05) is 30.3 Å². The molecule has 1 fully saturated rings. The summed E-state index contributed by atoms with van der Waals surface area (Å²) in [7, 11) is 0. The highest BCUT2D eigenvalue weighted by Gasteiger charge is 2.47. The quantitative estimate of drug-likeness (QED) is 0.615. The van der Waals surface area contributed by atoms with E-state index in [0.717, 1.165) is 18.9 Å². The first kappa shape index (κ1) is 23.6. The summed E-state index contributed by atoms with van der Waals surface area (Å²) >= 11 is 0. The third-order valence-electron chi connectivity index (χ3n) is 5.70. The zero-order valence-corrected chi connectivity index (χ0v) is 18.4. The molecule has 10 heteroatoms. The maximum Gasteiger partial charge on any atom is 0.419 e. The molecule has 2 aliphatic rings. The number of fused-ring (bicyclic) bond motifs is 1. The summed E-state index contributed by atoms with van der Waals surface area (Å²) in [6.07, 6.45) is -2.89. The Bertz CT molecular complexity index is 1100.